The van der Waals surface area contributed by atoms with Gasteiger partial charge in [0.1, 0.15) is 0 Å². The van der Waals surface area contributed by atoms with E-state index in [1.807, 2.05) is 24.3 Å². The number of benzene rings is 2. The van der Waals surface area contributed by atoms with E-state index in [2.05, 4.69) is 0 Å². The molecule has 3 rings (SSSR count). The van der Waals surface area contributed by atoms with Crippen LogP contribution < -0.4 is 18.9 Å². The van der Waals surface area contributed by atoms with Gasteiger partial charge in [-0.2, -0.15) is 0 Å². The van der Waals surface area contributed by atoms with E-state index in [0.717, 1.165) is 16.7 Å². The monoisotopic (exact) mass is 444 g/mol. The van der Waals surface area contributed by atoms with Crippen LogP contribution in [-0.2, 0) is 19.1 Å². The fourth-order valence-corrected chi connectivity index (χ4v) is 4.49. The van der Waals surface area contributed by atoms with E-state index < -0.39 is 29.7 Å². The molecule has 2 aromatic carbocycles. The highest BCUT2D eigenvalue weighted by Gasteiger charge is 2.48. The number of methoxy groups -OCH3 is 6. The van der Waals surface area contributed by atoms with Crippen molar-refractivity contribution in [2.75, 3.05) is 42.7 Å². The highest BCUT2D eigenvalue weighted by atomic mass is 16.5. The fourth-order valence-electron chi connectivity index (χ4n) is 4.49. The van der Waals surface area contributed by atoms with Crippen LogP contribution in [0.2, 0.25) is 0 Å². The minimum atomic E-state index is -0.663. The zero-order chi connectivity index (χ0) is 23.4. The molecule has 3 atom stereocenters. The van der Waals surface area contributed by atoms with Crippen molar-refractivity contribution in [3.05, 3.63) is 47.0 Å². The number of carbonyl (C=O) groups is 2. The van der Waals surface area contributed by atoms with Gasteiger partial charge < -0.3 is 28.4 Å². The molecule has 2 aromatic rings. The molecule has 0 unspecified atom stereocenters. The maximum Gasteiger partial charge on any atom is 0.310 e. The third-order valence-electron chi connectivity index (χ3n) is 5.97. The van der Waals surface area contributed by atoms with Crippen molar-refractivity contribution in [3.8, 4) is 23.0 Å². The summed E-state index contributed by atoms with van der Waals surface area (Å²) in [7, 11) is 8.87. The molecule has 0 radical (unpaired) electrons. The number of ether oxygens (including phenoxy) is 6. The molecule has 1 aliphatic rings. The Morgan fingerprint density at radius 3 is 1.81 bits per heavy atom. The van der Waals surface area contributed by atoms with E-state index in [-0.39, 0.29) is 6.42 Å². The van der Waals surface area contributed by atoms with Gasteiger partial charge in [0.05, 0.1) is 55.0 Å². The molecule has 0 aliphatic heterocycles. The van der Waals surface area contributed by atoms with Gasteiger partial charge in [0.25, 0.3) is 0 Å². The van der Waals surface area contributed by atoms with Crippen molar-refractivity contribution in [1.82, 2.24) is 0 Å². The van der Waals surface area contributed by atoms with Crippen molar-refractivity contribution < 1.29 is 38.0 Å². The number of esters is 2. The molecule has 172 valence electrons. The molecule has 1 aliphatic carbocycles. The van der Waals surface area contributed by atoms with E-state index in [4.69, 9.17) is 28.4 Å². The maximum absolute atomic E-state index is 13.0. The van der Waals surface area contributed by atoms with Crippen molar-refractivity contribution in [3.63, 3.8) is 0 Å². The first-order valence-corrected chi connectivity index (χ1v) is 10.1. The number of rotatable bonds is 8. The quantitative estimate of drug-likeness (QED) is 0.573. The summed E-state index contributed by atoms with van der Waals surface area (Å²) >= 11 is 0. The van der Waals surface area contributed by atoms with Gasteiger partial charge >= 0.3 is 11.9 Å². The fraction of sp³-hybridized carbons (Fsp3) is 0.417. The Kier molecular flexibility index (Phi) is 7.12. The van der Waals surface area contributed by atoms with Gasteiger partial charge in [-0.25, -0.2) is 0 Å². The van der Waals surface area contributed by atoms with Crippen molar-refractivity contribution in [1.29, 1.82) is 0 Å². The van der Waals surface area contributed by atoms with Crippen molar-refractivity contribution in [2.24, 2.45) is 5.92 Å². The molecule has 0 bridgehead atoms. The second-order valence-electron chi connectivity index (χ2n) is 7.36. The highest BCUT2D eigenvalue weighted by molar-refractivity contribution is 5.81. The molecule has 0 heterocycles. The summed E-state index contributed by atoms with van der Waals surface area (Å²) in [5, 5.41) is 0. The van der Waals surface area contributed by atoms with Gasteiger partial charge in [-0.3, -0.25) is 9.59 Å². The maximum atomic E-state index is 13.0. The lowest BCUT2D eigenvalue weighted by Crippen LogP contribution is -2.26. The Morgan fingerprint density at radius 2 is 1.28 bits per heavy atom. The van der Waals surface area contributed by atoms with Crippen LogP contribution in [0, 0.1) is 5.92 Å². The predicted octanol–water partition coefficient (Wildman–Crippen LogP) is 3.30. The lowest BCUT2D eigenvalue weighted by Gasteiger charge is -2.24. The zero-order valence-electron chi connectivity index (χ0n) is 19.1. The van der Waals surface area contributed by atoms with Crippen LogP contribution >= 0.6 is 0 Å². The van der Waals surface area contributed by atoms with Crippen LogP contribution in [0.3, 0.4) is 0 Å². The smallest absolute Gasteiger partial charge is 0.310 e. The van der Waals surface area contributed by atoms with Gasteiger partial charge in [0, 0.05) is 11.8 Å². The van der Waals surface area contributed by atoms with Gasteiger partial charge in [0.2, 0.25) is 0 Å². The topological polar surface area (TPSA) is 89.5 Å². The Morgan fingerprint density at radius 1 is 0.719 bits per heavy atom. The second-order valence-corrected chi connectivity index (χ2v) is 7.36. The number of fused-ring (bicyclic) bond motifs is 1. The molecule has 8 nitrogen and oxygen atoms in total. The Bertz CT molecular complexity index is 1000. The van der Waals surface area contributed by atoms with Crippen molar-refractivity contribution >= 4 is 11.9 Å². The van der Waals surface area contributed by atoms with Crippen LogP contribution in [0.25, 0.3) is 0 Å². The molecule has 0 amide bonds. The van der Waals surface area contributed by atoms with Crippen molar-refractivity contribution in [2.45, 2.75) is 18.3 Å². The first-order chi connectivity index (χ1) is 15.4. The third kappa shape index (κ3) is 4.04. The van der Waals surface area contributed by atoms with E-state index in [0.29, 0.717) is 23.0 Å². The Hall–Kier alpha value is -3.42. The molecule has 0 saturated heterocycles. The summed E-state index contributed by atoms with van der Waals surface area (Å²) in [6.45, 7) is 0. The van der Waals surface area contributed by atoms with Crippen LogP contribution in [0.5, 0.6) is 23.0 Å². The summed E-state index contributed by atoms with van der Waals surface area (Å²) < 4.78 is 31.9. The summed E-state index contributed by atoms with van der Waals surface area (Å²) in [4.78, 5) is 25.3. The molecular weight excluding hydrogens is 416 g/mol. The third-order valence-corrected chi connectivity index (χ3v) is 5.97. The molecule has 0 fully saturated rings. The molecule has 0 aromatic heterocycles. The molecule has 0 saturated carbocycles. The lowest BCUT2D eigenvalue weighted by molar-refractivity contribution is -0.147. The molecule has 8 heteroatoms. The minimum Gasteiger partial charge on any atom is -0.493 e. The van der Waals surface area contributed by atoms with Crippen LogP contribution in [0.1, 0.15) is 34.9 Å². The molecule has 0 N–H and O–H groups in total. The largest absolute Gasteiger partial charge is 0.493 e. The van der Waals surface area contributed by atoms with Gasteiger partial charge in [-0.05, 0) is 41.0 Å². The normalized spacial score (nSPS) is 19.0. The Balaban J connectivity index is 2.26. The summed E-state index contributed by atoms with van der Waals surface area (Å²) in [6.07, 6.45) is 0.0164. The average molecular weight is 444 g/mol. The van der Waals surface area contributed by atoms with Crippen LogP contribution in [-0.4, -0.2) is 54.6 Å². The van der Waals surface area contributed by atoms with E-state index in [1.165, 1.54) is 21.3 Å². The standard InChI is InChI=1S/C24H28O8/c1-27-17-8-7-13(9-18(17)28-2)22-15-11-20(30-4)19(29-3)10-14(15)16(12-21(25)31-5)23(22)24(26)32-6/h7-11,16,22-23H,12H2,1-6H3/t16-,22-,23-/m1/s1. The molecule has 32 heavy (non-hydrogen) atoms. The van der Waals surface area contributed by atoms with Gasteiger partial charge in [-0.15, -0.1) is 0 Å². The number of carbonyl (C=O) groups excluding carboxylic acids is 2. The SMILES string of the molecule is COC(=O)C[C@@H]1c2cc(OC)c(OC)cc2[C@@H](c2ccc(OC)c(OC)c2)[C@@H]1C(=O)OC. The van der Waals surface area contributed by atoms with E-state index in [1.54, 1.807) is 27.4 Å². The first-order valence-electron chi connectivity index (χ1n) is 10.1. The van der Waals surface area contributed by atoms with E-state index >= 15 is 0 Å². The van der Waals surface area contributed by atoms with Crippen LogP contribution in [0.4, 0.5) is 0 Å². The average Bonchev–Trinajstić information content (AvgIpc) is 3.14. The Labute approximate surface area is 187 Å². The second kappa shape index (κ2) is 9.80. The van der Waals surface area contributed by atoms with E-state index in [9.17, 15) is 9.59 Å². The molecular formula is C24H28O8. The number of hydrogen-bond acceptors (Lipinski definition) is 8. The molecule has 0 spiro atoms. The number of hydrogen-bond donors (Lipinski definition) is 0. The highest BCUT2D eigenvalue weighted by Crippen LogP contribution is 2.55. The summed E-state index contributed by atoms with van der Waals surface area (Å²) in [5.41, 5.74) is 2.47. The van der Waals surface area contributed by atoms with Gasteiger partial charge in [-0.1, -0.05) is 6.07 Å². The lowest BCUT2D eigenvalue weighted by atomic mass is 9.81. The minimum absolute atomic E-state index is 0.0164. The summed E-state index contributed by atoms with van der Waals surface area (Å²) in [5.74, 6) is -0.240. The summed E-state index contributed by atoms with van der Waals surface area (Å²) in [6, 6.07) is 9.17. The van der Waals surface area contributed by atoms with Crippen LogP contribution in [0.15, 0.2) is 30.3 Å². The predicted molar refractivity (Wildman–Crippen MR) is 116 cm³/mol. The first kappa shape index (κ1) is 23.2. The van der Waals surface area contributed by atoms with Gasteiger partial charge in [0.15, 0.2) is 23.0 Å². The zero-order valence-corrected chi connectivity index (χ0v) is 19.1.